The molecule has 6 heteroatoms. The van der Waals surface area contributed by atoms with Crippen LogP contribution in [-0.2, 0) is 11.2 Å². The highest BCUT2D eigenvalue weighted by Gasteiger charge is 2.05. The quantitative estimate of drug-likeness (QED) is 0.755. The minimum Gasteiger partial charge on any atom is -0.484 e. The third kappa shape index (κ3) is 4.10. The monoisotopic (exact) mass is 328 g/mol. The molecule has 0 atom stereocenters. The maximum Gasteiger partial charge on any atom is 0.257 e. The molecule has 0 saturated heterocycles. The average Bonchev–Trinajstić information content (AvgIpc) is 2.93. The van der Waals surface area contributed by atoms with Crippen LogP contribution in [0.15, 0.2) is 46.9 Å². The van der Waals surface area contributed by atoms with Crippen molar-refractivity contribution in [3.63, 3.8) is 0 Å². The summed E-state index contributed by atoms with van der Waals surface area (Å²) < 4.78 is 23.5. The summed E-state index contributed by atoms with van der Waals surface area (Å²) in [6.45, 7) is 2.20. The van der Waals surface area contributed by atoms with Crippen molar-refractivity contribution in [3.05, 3.63) is 59.7 Å². The molecule has 5 nitrogen and oxygen atoms in total. The first-order chi connectivity index (χ1) is 11.6. The summed E-state index contributed by atoms with van der Waals surface area (Å²) in [5.41, 5.74) is 2.64. The molecule has 1 heterocycles. The van der Waals surface area contributed by atoms with Gasteiger partial charge in [-0.05, 0) is 48.4 Å². The second kappa shape index (κ2) is 7.12. The molecule has 24 heavy (non-hydrogen) atoms. The van der Waals surface area contributed by atoms with E-state index in [1.54, 1.807) is 6.92 Å². The fraction of sp³-hybridized carbons (Fsp3) is 0.222. The minimum atomic E-state index is -0.342. The fourth-order valence-electron chi connectivity index (χ4n) is 2.32. The standard InChI is InChI=1S/C18H17FN2O3/c1-12-21-16-10-13(2-7-17(16)24-12)8-9-20-18(22)11-23-15-5-3-14(19)4-6-15/h2-7,10H,8-9,11H2,1H3,(H,20,22). The number of carbonyl (C=O) groups excluding carboxylic acids is 1. The van der Waals surface area contributed by atoms with E-state index in [9.17, 15) is 9.18 Å². The Balaban J connectivity index is 1.44. The Bertz CT molecular complexity index is 843. The zero-order valence-electron chi connectivity index (χ0n) is 13.2. The molecule has 0 aliphatic rings. The zero-order chi connectivity index (χ0) is 16.9. The second-order valence-corrected chi connectivity index (χ2v) is 5.38. The molecule has 0 fully saturated rings. The molecule has 1 amide bonds. The number of rotatable bonds is 6. The van der Waals surface area contributed by atoms with Gasteiger partial charge in [0.25, 0.3) is 5.91 Å². The number of hydrogen-bond acceptors (Lipinski definition) is 4. The summed E-state index contributed by atoms with van der Waals surface area (Å²) in [5, 5.41) is 2.78. The van der Waals surface area contributed by atoms with Crippen LogP contribution < -0.4 is 10.1 Å². The molecular weight excluding hydrogens is 311 g/mol. The molecule has 1 N–H and O–H groups in total. The third-order valence-electron chi connectivity index (χ3n) is 3.48. The number of amides is 1. The number of halogens is 1. The zero-order valence-corrected chi connectivity index (χ0v) is 13.2. The first-order valence-corrected chi connectivity index (χ1v) is 7.61. The maximum absolute atomic E-state index is 12.8. The Hall–Kier alpha value is -2.89. The van der Waals surface area contributed by atoms with Gasteiger partial charge in [0, 0.05) is 13.5 Å². The molecule has 0 bridgehead atoms. The van der Waals surface area contributed by atoms with E-state index in [0.29, 0.717) is 24.6 Å². The molecule has 0 radical (unpaired) electrons. The van der Waals surface area contributed by atoms with E-state index in [0.717, 1.165) is 16.7 Å². The number of ether oxygens (including phenoxy) is 1. The fourth-order valence-corrected chi connectivity index (χ4v) is 2.32. The first kappa shape index (κ1) is 16.0. The van der Waals surface area contributed by atoms with Gasteiger partial charge >= 0.3 is 0 Å². The number of benzene rings is 2. The highest BCUT2D eigenvalue weighted by Crippen LogP contribution is 2.17. The van der Waals surface area contributed by atoms with Gasteiger partial charge in [-0.15, -0.1) is 0 Å². The van der Waals surface area contributed by atoms with Crippen molar-refractivity contribution in [2.45, 2.75) is 13.3 Å². The number of oxazole rings is 1. The highest BCUT2D eigenvalue weighted by atomic mass is 19.1. The lowest BCUT2D eigenvalue weighted by molar-refractivity contribution is -0.123. The van der Waals surface area contributed by atoms with E-state index in [2.05, 4.69) is 10.3 Å². The van der Waals surface area contributed by atoms with Crippen LogP contribution in [0, 0.1) is 12.7 Å². The van der Waals surface area contributed by atoms with Crippen molar-refractivity contribution < 1.29 is 18.3 Å². The van der Waals surface area contributed by atoms with Gasteiger partial charge in [-0.1, -0.05) is 6.07 Å². The van der Waals surface area contributed by atoms with Gasteiger partial charge in [0.05, 0.1) is 0 Å². The number of hydrogen-bond donors (Lipinski definition) is 1. The van der Waals surface area contributed by atoms with E-state index in [1.807, 2.05) is 18.2 Å². The lowest BCUT2D eigenvalue weighted by atomic mass is 10.1. The number of fused-ring (bicyclic) bond motifs is 1. The largest absolute Gasteiger partial charge is 0.484 e. The molecule has 0 unspecified atom stereocenters. The van der Waals surface area contributed by atoms with Crippen LogP contribution in [-0.4, -0.2) is 24.0 Å². The number of aromatic nitrogens is 1. The molecule has 0 aliphatic heterocycles. The summed E-state index contributed by atoms with van der Waals surface area (Å²) in [4.78, 5) is 16.0. The summed E-state index contributed by atoms with van der Waals surface area (Å²) in [5.74, 6) is 0.524. The van der Waals surface area contributed by atoms with E-state index in [1.165, 1.54) is 24.3 Å². The number of aryl methyl sites for hydroxylation is 1. The SMILES string of the molecule is Cc1nc2cc(CCNC(=O)COc3ccc(F)cc3)ccc2o1. The topological polar surface area (TPSA) is 64.4 Å². The second-order valence-electron chi connectivity index (χ2n) is 5.38. The summed E-state index contributed by atoms with van der Waals surface area (Å²) in [7, 11) is 0. The predicted molar refractivity (Wildman–Crippen MR) is 87.4 cm³/mol. The summed E-state index contributed by atoms with van der Waals surface area (Å²) in [6, 6.07) is 11.3. The Kier molecular flexibility index (Phi) is 4.74. The van der Waals surface area contributed by atoms with Crippen molar-refractivity contribution in [2.75, 3.05) is 13.2 Å². The van der Waals surface area contributed by atoms with Crippen molar-refractivity contribution in [1.82, 2.24) is 10.3 Å². The van der Waals surface area contributed by atoms with Crippen LogP contribution in [0.5, 0.6) is 5.75 Å². The van der Waals surface area contributed by atoms with Crippen molar-refractivity contribution in [3.8, 4) is 5.75 Å². The van der Waals surface area contributed by atoms with Crippen LogP contribution >= 0.6 is 0 Å². The molecular formula is C18H17FN2O3. The van der Waals surface area contributed by atoms with Gasteiger partial charge in [-0.3, -0.25) is 4.79 Å². The van der Waals surface area contributed by atoms with Gasteiger partial charge in [0.15, 0.2) is 18.1 Å². The normalized spacial score (nSPS) is 10.8. The van der Waals surface area contributed by atoms with E-state index >= 15 is 0 Å². The summed E-state index contributed by atoms with van der Waals surface area (Å²) >= 11 is 0. The Morgan fingerprint density at radius 1 is 1.25 bits per heavy atom. The van der Waals surface area contributed by atoms with Gasteiger partial charge in [-0.25, -0.2) is 9.37 Å². The molecule has 2 aromatic carbocycles. The van der Waals surface area contributed by atoms with Gasteiger partial charge in [-0.2, -0.15) is 0 Å². The van der Waals surface area contributed by atoms with E-state index in [4.69, 9.17) is 9.15 Å². The maximum atomic E-state index is 12.8. The van der Waals surface area contributed by atoms with Crippen molar-refractivity contribution >= 4 is 17.0 Å². The molecule has 1 aromatic heterocycles. The number of nitrogens with zero attached hydrogens (tertiary/aromatic N) is 1. The van der Waals surface area contributed by atoms with Crippen LogP contribution in [0.2, 0.25) is 0 Å². The van der Waals surface area contributed by atoms with Crippen molar-refractivity contribution in [2.24, 2.45) is 0 Å². The average molecular weight is 328 g/mol. The molecule has 3 rings (SSSR count). The molecule has 124 valence electrons. The van der Waals surface area contributed by atoms with Crippen LogP contribution in [0.1, 0.15) is 11.5 Å². The first-order valence-electron chi connectivity index (χ1n) is 7.61. The van der Waals surface area contributed by atoms with Crippen LogP contribution in [0.3, 0.4) is 0 Å². The third-order valence-corrected chi connectivity index (χ3v) is 3.48. The van der Waals surface area contributed by atoms with E-state index in [-0.39, 0.29) is 18.3 Å². The lowest BCUT2D eigenvalue weighted by Gasteiger charge is -2.07. The summed E-state index contributed by atoms with van der Waals surface area (Å²) in [6.07, 6.45) is 0.685. The van der Waals surface area contributed by atoms with Gasteiger partial charge in [0.2, 0.25) is 0 Å². The minimum absolute atomic E-state index is 0.104. The molecule has 3 aromatic rings. The Morgan fingerprint density at radius 3 is 2.83 bits per heavy atom. The number of nitrogens with one attached hydrogen (secondary N) is 1. The van der Waals surface area contributed by atoms with Gasteiger partial charge in [0.1, 0.15) is 17.1 Å². The highest BCUT2D eigenvalue weighted by molar-refractivity contribution is 5.77. The van der Waals surface area contributed by atoms with E-state index < -0.39 is 0 Å². The number of carbonyl (C=O) groups is 1. The molecule has 0 spiro atoms. The predicted octanol–water partition coefficient (Wildman–Crippen LogP) is 3.01. The van der Waals surface area contributed by atoms with Crippen LogP contribution in [0.25, 0.3) is 11.1 Å². The smallest absolute Gasteiger partial charge is 0.257 e. The Labute approximate surface area is 138 Å². The van der Waals surface area contributed by atoms with Crippen molar-refractivity contribution in [1.29, 1.82) is 0 Å². The molecule has 0 saturated carbocycles. The Morgan fingerprint density at radius 2 is 2.04 bits per heavy atom. The molecule has 0 aliphatic carbocycles. The lowest BCUT2D eigenvalue weighted by Crippen LogP contribution is -2.30. The van der Waals surface area contributed by atoms with Crippen LogP contribution in [0.4, 0.5) is 4.39 Å². The van der Waals surface area contributed by atoms with Gasteiger partial charge < -0.3 is 14.5 Å².